The van der Waals surface area contributed by atoms with Crippen LogP contribution in [0.2, 0.25) is 0 Å². The van der Waals surface area contributed by atoms with Crippen LogP contribution in [0, 0.1) is 0 Å². The van der Waals surface area contributed by atoms with Crippen molar-refractivity contribution in [1.29, 1.82) is 0 Å². The molecule has 1 aliphatic carbocycles. The Morgan fingerprint density at radius 1 is 1.00 bits per heavy atom. The van der Waals surface area contributed by atoms with E-state index < -0.39 is 10.0 Å². The van der Waals surface area contributed by atoms with Crippen LogP contribution in [-0.4, -0.2) is 69.0 Å². The molecule has 4 rings (SSSR count). The third-order valence-corrected chi connectivity index (χ3v) is 6.70. The van der Waals surface area contributed by atoms with Gasteiger partial charge in [0.05, 0.1) is 12.3 Å². The van der Waals surface area contributed by atoms with Crippen LogP contribution in [0.15, 0.2) is 48.5 Å². The van der Waals surface area contributed by atoms with Gasteiger partial charge in [0, 0.05) is 44.0 Å². The fourth-order valence-electron chi connectivity index (χ4n) is 4.47. The van der Waals surface area contributed by atoms with Crippen LogP contribution in [0.25, 0.3) is 0 Å². The normalized spacial score (nSPS) is 20.7. The molecule has 0 radical (unpaired) electrons. The molecule has 1 heterocycles. The molecule has 1 N–H and O–H groups in total. The Balaban J connectivity index is 1.26. The van der Waals surface area contributed by atoms with Crippen LogP contribution in [-0.2, 0) is 22.9 Å². The molecule has 7 heteroatoms. The average Bonchev–Trinajstić information content (AvgIpc) is 2.73. The lowest BCUT2D eigenvalue weighted by Crippen LogP contribution is -2.53. The molecule has 2 aliphatic rings. The zero-order valence-corrected chi connectivity index (χ0v) is 18.2. The van der Waals surface area contributed by atoms with Crippen LogP contribution in [0.3, 0.4) is 0 Å². The standard InChI is InChI=1S/C23H29N3O3S/c1-30(28,29)24-20-9-6-18(7-10-20)12-13-25-14-16-26(17-15-25)22-11-8-19-4-2-3-5-21(19)23(22)27/h2-7,9-10,22,24H,8,11-17H2,1H3. The van der Waals surface area contributed by atoms with Crippen molar-refractivity contribution in [2.45, 2.75) is 25.3 Å². The number of Topliss-reactive ketones (excluding diaryl/α,β-unsaturated/α-hetero) is 1. The van der Waals surface area contributed by atoms with E-state index in [-0.39, 0.29) is 11.8 Å². The van der Waals surface area contributed by atoms with Crippen molar-refractivity contribution in [2.75, 3.05) is 43.7 Å². The number of aryl methyl sites for hydroxylation is 1. The van der Waals surface area contributed by atoms with Crippen LogP contribution in [0.1, 0.15) is 27.9 Å². The molecule has 0 bridgehead atoms. The van der Waals surface area contributed by atoms with E-state index in [2.05, 4.69) is 20.6 Å². The highest BCUT2D eigenvalue weighted by Crippen LogP contribution is 2.25. The highest BCUT2D eigenvalue weighted by atomic mass is 32.2. The molecule has 1 atom stereocenters. The minimum atomic E-state index is -3.24. The first kappa shape index (κ1) is 21.0. The minimum absolute atomic E-state index is 0.0249. The zero-order chi connectivity index (χ0) is 21.1. The van der Waals surface area contributed by atoms with E-state index in [1.54, 1.807) is 12.1 Å². The number of ketones is 1. The van der Waals surface area contributed by atoms with E-state index in [4.69, 9.17) is 0 Å². The van der Waals surface area contributed by atoms with Gasteiger partial charge in [-0.05, 0) is 42.5 Å². The highest BCUT2D eigenvalue weighted by molar-refractivity contribution is 7.92. The summed E-state index contributed by atoms with van der Waals surface area (Å²) in [5.41, 5.74) is 3.88. The molecule has 160 valence electrons. The van der Waals surface area contributed by atoms with E-state index in [9.17, 15) is 13.2 Å². The third-order valence-electron chi connectivity index (χ3n) is 6.09. The summed E-state index contributed by atoms with van der Waals surface area (Å²) in [6.07, 6.45) is 3.98. The van der Waals surface area contributed by atoms with Crippen molar-refractivity contribution in [1.82, 2.24) is 9.80 Å². The summed E-state index contributed by atoms with van der Waals surface area (Å²) < 4.78 is 25.1. The number of fused-ring (bicyclic) bond motifs is 1. The number of carbonyl (C=O) groups excluding carboxylic acids is 1. The van der Waals surface area contributed by atoms with E-state index in [1.165, 1.54) is 11.1 Å². The van der Waals surface area contributed by atoms with Crippen molar-refractivity contribution in [3.8, 4) is 0 Å². The van der Waals surface area contributed by atoms with Gasteiger partial charge in [-0.1, -0.05) is 36.4 Å². The number of anilines is 1. The first-order valence-electron chi connectivity index (χ1n) is 10.5. The number of hydrogen-bond acceptors (Lipinski definition) is 5. The van der Waals surface area contributed by atoms with Gasteiger partial charge in [-0.2, -0.15) is 0 Å². The summed E-state index contributed by atoms with van der Waals surface area (Å²) in [5.74, 6) is 0.285. The van der Waals surface area contributed by atoms with Gasteiger partial charge in [0.25, 0.3) is 0 Å². The molecule has 6 nitrogen and oxygen atoms in total. The Bertz CT molecular complexity index is 997. The first-order chi connectivity index (χ1) is 14.4. The van der Waals surface area contributed by atoms with Gasteiger partial charge >= 0.3 is 0 Å². The van der Waals surface area contributed by atoms with Crippen LogP contribution in [0.4, 0.5) is 5.69 Å². The molecule has 0 saturated carbocycles. The van der Waals surface area contributed by atoms with Crippen molar-refractivity contribution < 1.29 is 13.2 Å². The van der Waals surface area contributed by atoms with Crippen molar-refractivity contribution in [3.05, 3.63) is 65.2 Å². The lowest BCUT2D eigenvalue weighted by atomic mass is 9.86. The number of carbonyl (C=O) groups is 1. The fourth-order valence-corrected chi connectivity index (χ4v) is 5.03. The number of piperazine rings is 1. The maximum atomic E-state index is 12.9. The third kappa shape index (κ3) is 5.09. The molecule has 0 spiro atoms. The number of sulfonamides is 1. The van der Waals surface area contributed by atoms with E-state index in [0.29, 0.717) is 5.69 Å². The summed E-state index contributed by atoms with van der Waals surface area (Å²) in [7, 11) is -3.24. The Labute approximate surface area is 178 Å². The molecule has 30 heavy (non-hydrogen) atoms. The molecule has 0 amide bonds. The number of nitrogens with zero attached hydrogens (tertiary/aromatic N) is 2. The van der Waals surface area contributed by atoms with Gasteiger partial charge < -0.3 is 4.90 Å². The van der Waals surface area contributed by atoms with E-state index in [1.807, 2.05) is 30.3 Å². The van der Waals surface area contributed by atoms with Crippen molar-refractivity contribution >= 4 is 21.5 Å². The van der Waals surface area contributed by atoms with E-state index in [0.717, 1.165) is 63.8 Å². The largest absolute Gasteiger partial charge is 0.300 e. The molecular weight excluding hydrogens is 398 g/mol. The topological polar surface area (TPSA) is 69.7 Å². The van der Waals surface area contributed by atoms with Gasteiger partial charge in [-0.15, -0.1) is 0 Å². The molecule has 1 fully saturated rings. The predicted molar refractivity (Wildman–Crippen MR) is 120 cm³/mol. The van der Waals surface area contributed by atoms with Crippen LogP contribution < -0.4 is 4.72 Å². The number of rotatable bonds is 6. The number of benzene rings is 2. The molecule has 0 aromatic heterocycles. The molecular formula is C23H29N3O3S. The predicted octanol–water partition coefficient (Wildman–Crippen LogP) is 2.42. The number of hydrogen-bond donors (Lipinski definition) is 1. The summed E-state index contributed by atoms with van der Waals surface area (Å²) in [6, 6.07) is 15.6. The van der Waals surface area contributed by atoms with Crippen LogP contribution in [0.5, 0.6) is 0 Å². The van der Waals surface area contributed by atoms with Crippen molar-refractivity contribution in [2.24, 2.45) is 0 Å². The van der Waals surface area contributed by atoms with Gasteiger partial charge in [0.2, 0.25) is 10.0 Å². The SMILES string of the molecule is CS(=O)(=O)Nc1ccc(CCN2CCN(C3CCc4ccccc4C3=O)CC2)cc1. The molecule has 1 saturated heterocycles. The lowest BCUT2D eigenvalue weighted by Gasteiger charge is -2.40. The lowest BCUT2D eigenvalue weighted by molar-refractivity contribution is 0.0633. The van der Waals surface area contributed by atoms with Gasteiger partial charge in [-0.3, -0.25) is 14.4 Å². The second kappa shape index (κ2) is 8.88. The molecule has 1 aliphatic heterocycles. The Hall–Kier alpha value is -2.22. The summed E-state index contributed by atoms with van der Waals surface area (Å²) in [5, 5.41) is 0. The summed E-state index contributed by atoms with van der Waals surface area (Å²) in [6.45, 7) is 4.76. The molecule has 2 aromatic rings. The second-order valence-electron chi connectivity index (χ2n) is 8.27. The summed E-state index contributed by atoms with van der Waals surface area (Å²) >= 11 is 0. The molecule has 2 aromatic carbocycles. The maximum absolute atomic E-state index is 12.9. The number of nitrogens with one attached hydrogen (secondary N) is 1. The van der Waals surface area contributed by atoms with Gasteiger partial charge in [-0.25, -0.2) is 8.42 Å². The summed E-state index contributed by atoms with van der Waals surface area (Å²) in [4.78, 5) is 17.7. The average molecular weight is 428 g/mol. The highest BCUT2D eigenvalue weighted by Gasteiger charge is 2.33. The Kier molecular flexibility index (Phi) is 6.22. The fraction of sp³-hybridized carbons (Fsp3) is 0.435. The minimum Gasteiger partial charge on any atom is -0.300 e. The smallest absolute Gasteiger partial charge is 0.229 e. The molecule has 1 unspecified atom stereocenters. The first-order valence-corrected chi connectivity index (χ1v) is 12.4. The van der Waals surface area contributed by atoms with Crippen molar-refractivity contribution in [3.63, 3.8) is 0 Å². The quantitative estimate of drug-likeness (QED) is 0.767. The zero-order valence-electron chi connectivity index (χ0n) is 17.4. The van der Waals surface area contributed by atoms with E-state index >= 15 is 0 Å². The van der Waals surface area contributed by atoms with Gasteiger partial charge in [0.15, 0.2) is 5.78 Å². The second-order valence-corrected chi connectivity index (χ2v) is 10.0. The Morgan fingerprint density at radius 3 is 2.40 bits per heavy atom. The van der Waals surface area contributed by atoms with Gasteiger partial charge in [0.1, 0.15) is 0 Å². The Morgan fingerprint density at radius 2 is 1.70 bits per heavy atom. The monoisotopic (exact) mass is 427 g/mol. The maximum Gasteiger partial charge on any atom is 0.229 e. The van der Waals surface area contributed by atoms with Crippen LogP contribution >= 0.6 is 0 Å².